The summed E-state index contributed by atoms with van der Waals surface area (Å²) in [5, 5.41) is 7.33. The van der Waals surface area contributed by atoms with Crippen molar-refractivity contribution in [2.45, 2.75) is 34.1 Å². The average molecular weight is 153 g/mol. The van der Waals surface area contributed by atoms with Crippen molar-refractivity contribution in [3.8, 4) is 0 Å². The van der Waals surface area contributed by atoms with Gasteiger partial charge in [0.05, 0.1) is 0 Å². The van der Waals surface area contributed by atoms with Gasteiger partial charge in [0.2, 0.25) is 0 Å². The van der Waals surface area contributed by atoms with Crippen molar-refractivity contribution in [1.29, 1.82) is 5.41 Å². The third kappa shape index (κ3) is 7.04. The second-order valence-corrected chi connectivity index (χ2v) is 1.92. The minimum absolute atomic E-state index is 0.690. The average Bonchev–Trinajstić information content (AvgIpc) is 2.07. The molecule has 0 aromatic carbocycles. The van der Waals surface area contributed by atoms with E-state index in [0.717, 1.165) is 12.0 Å². The van der Waals surface area contributed by atoms with Crippen LogP contribution in [-0.4, -0.2) is 5.71 Å². The molecule has 0 fully saturated rings. The zero-order valence-electron chi connectivity index (χ0n) is 8.07. The molecule has 11 heavy (non-hydrogen) atoms. The summed E-state index contributed by atoms with van der Waals surface area (Å²) < 4.78 is 0. The molecule has 1 N–H and O–H groups in total. The summed E-state index contributed by atoms with van der Waals surface area (Å²) in [7, 11) is 0. The summed E-state index contributed by atoms with van der Waals surface area (Å²) >= 11 is 0. The maximum atomic E-state index is 7.33. The molecule has 0 aromatic heterocycles. The summed E-state index contributed by atoms with van der Waals surface area (Å²) in [6.07, 6.45) is 4.36. The maximum Gasteiger partial charge on any atom is 0.0340 e. The number of rotatable bonds is 3. The molecule has 0 rings (SSSR count). The Kier molecular flexibility index (Phi) is 10.6. The van der Waals surface area contributed by atoms with E-state index in [1.54, 1.807) is 6.08 Å². The van der Waals surface area contributed by atoms with Gasteiger partial charge in [-0.05, 0) is 18.9 Å². The van der Waals surface area contributed by atoms with Crippen LogP contribution in [0.25, 0.3) is 0 Å². The van der Waals surface area contributed by atoms with Crippen molar-refractivity contribution in [1.82, 2.24) is 0 Å². The molecular weight excluding hydrogens is 134 g/mol. The Morgan fingerprint density at radius 2 is 1.91 bits per heavy atom. The fourth-order valence-corrected chi connectivity index (χ4v) is 0.556. The van der Waals surface area contributed by atoms with E-state index in [4.69, 9.17) is 5.41 Å². The van der Waals surface area contributed by atoms with Crippen LogP contribution >= 0.6 is 0 Å². The number of hydrogen-bond acceptors (Lipinski definition) is 1. The second-order valence-electron chi connectivity index (χ2n) is 1.92. The van der Waals surface area contributed by atoms with Crippen molar-refractivity contribution < 1.29 is 0 Å². The lowest BCUT2D eigenvalue weighted by molar-refractivity contribution is 1.23. The van der Waals surface area contributed by atoms with Gasteiger partial charge in [0.25, 0.3) is 0 Å². The monoisotopic (exact) mass is 153 g/mol. The molecule has 0 heterocycles. The Bertz CT molecular complexity index is 143. The summed E-state index contributed by atoms with van der Waals surface area (Å²) in [6, 6.07) is 0. The SMILES string of the molecule is C=C/C=C(\C)C(=N)CC.CC. The van der Waals surface area contributed by atoms with Gasteiger partial charge in [-0.1, -0.05) is 39.5 Å². The van der Waals surface area contributed by atoms with Crippen LogP contribution in [0.3, 0.4) is 0 Å². The van der Waals surface area contributed by atoms with Crippen LogP contribution in [0.2, 0.25) is 0 Å². The van der Waals surface area contributed by atoms with Gasteiger partial charge >= 0.3 is 0 Å². The molecule has 0 atom stereocenters. The largest absolute Gasteiger partial charge is 0.305 e. The van der Waals surface area contributed by atoms with Gasteiger partial charge in [-0.3, -0.25) is 0 Å². The standard InChI is InChI=1S/C8H13N.C2H6/c1-4-6-7(3)8(9)5-2;1-2/h4,6,9H,1,5H2,2-3H3;1-2H3/b7-6+,9-8?;. The Morgan fingerprint density at radius 1 is 1.45 bits per heavy atom. The van der Waals surface area contributed by atoms with E-state index in [1.807, 2.05) is 33.8 Å². The van der Waals surface area contributed by atoms with E-state index in [0.29, 0.717) is 5.71 Å². The van der Waals surface area contributed by atoms with Crippen LogP contribution in [0.4, 0.5) is 0 Å². The van der Waals surface area contributed by atoms with Crippen LogP contribution in [-0.2, 0) is 0 Å². The zero-order chi connectivity index (χ0) is 9.28. The van der Waals surface area contributed by atoms with E-state index in [9.17, 15) is 0 Å². The van der Waals surface area contributed by atoms with Crippen LogP contribution < -0.4 is 0 Å². The third-order valence-electron chi connectivity index (χ3n) is 1.20. The lowest BCUT2D eigenvalue weighted by atomic mass is 10.1. The molecule has 0 radical (unpaired) electrons. The highest BCUT2D eigenvalue weighted by Gasteiger charge is 1.91. The number of hydrogen-bond donors (Lipinski definition) is 1. The highest BCUT2D eigenvalue weighted by molar-refractivity contribution is 5.97. The molecule has 0 aromatic rings. The van der Waals surface area contributed by atoms with E-state index in [-0.39, 0.29) is 0 Å². The predicted molar refractivity (Wildman–Crippen MR) is 53.3 cm³/mol. The molecule has 0 amide bonds. The smallest absolute Gasteiger partial charge is 0.0340 e. The molecule has 0 aliphatic carbocycles. The maximum absolute atomic E-state index is 7.33. The molecule has 0 spiro atoms. The Hall–Kier alpha value is -0.850. The van der Waals surface area contributed by atoms with E-state index in [2.05, 4.69) is 6.58 Å². The molecule has 0 saturated carbocycles. The predicted octanol–water partition coefficient (Wildman–Crippen LogP) is 3.57. The first-order chi connectivity index (χ1) is 5.22. The van der Waals surface area contributed by atoms with E-state index >= 15 is 0 Å². The fourth-order valence-electron chi connectivity index (χ4n) is 0.556. The first-order valence-electron chi connectivity index (χ1n) is 4.09. The Labute approximate surface area is 70.3 Å². The molecule has 0 saturated heterocycles. The van der Waals surface area contributed by atoms with Gasteiger partial charge in [0.1, 0.15) is 0 Å². The third-order valence-corrected chi connectivity index (χ3v) is 1.20. The Balaban J connectivity index is 0. The van der Waals surface area contributed by atoms with Crippen molar-refractivity contribution in [3.05, 3.63) is 24.3 Å². The summed E-state index contributed by atoms with van der Waals surface area (Å²) in [5.41, 5.74) is 1.70. The molecule has 64 valence electrons. The van der Waals surface area contributed by atoms with Gasteiger partial charge in [-0.25, -0.2) is 0 Å². The molecular formula is C10H19N. The van der Waals surface area contributed by atoms with Crippen molar-refractivity contribution in [2.24, 2.45) is 0 Å². The topological polar surface area (TPSA) is 23.9 Å². The normalized spacial score (nSPS) is 9.64. The second kappa shape index (κ2) is 9.15. The molecule has 0 bridgehead atoms. The molecule has 0 aliphatic rings. The fraction of sp³-hybridized carbons (Fsp3) is 0.500. The van der Waals surface area contributed by atoms with Gasteiger partial charge in [0, 0.05) is 5.71 Å². The first-order valence-corrected chi connectivity index (χ1v) is 4.09. The molecule has 0 aliphatic heterocycles. The quantitative estimate of drug-likeness (QED) is 0.473. The van der Waals surface area contributed by atoms with Crippen LogP contribution in [0.1, 0.15) is 34.1 Å². The van der Waals surface area contributed by atoms with Gasteiger partial charge in [-0.2, -0.15) is 0 Å². The van der Waals surface area contributed by atoms with Gasteiger partial charge in [-0.15, -0.1) is 0 Å². The van der Waals surface area contributed by atoms with Crippen LogP contribution in [0, 0.1) is 5.41 Å². The molecule has 1 nitrogen and oxygen atoms in total. The summed E-state index contributed by atoms with van der Waals surface area (Å²) in [6.45, 7) is 11.4. The lowest BCUT2D eigenvalue weighted by Crippen LogP contribution is -1.93. The minimum atomic E-state index is 0.690. The number of allylic oxidation sites excluding steroid dienone is 3. The van der Waals surface area contributed by atoms with Crippen molar-refractivity contribution >= 4 is 5.71 Å². The van der Waals surface area contributed by atoms with Crippen molar-refractivity contribution in [2.75, 3.05) is 0 Å². The molecule has 0 unspecified atom stereocenters. The summed E-state index contributed by atoms with van der Waals surface area (Å²) in [5.74, 6) is 0. The molecule has 1 heteroatoms. The highest BCUT2D eigenvalue weighted by Crippen LogP contribution is 1.97. The Morgan fingerprint density at radius 3 is 2.18 bits per heavy atom. The van der Waals surface area contributed by atoms with Crippen LogP contribution in [0.15, 0.2) is 24.3 Å². The van der Waals surface area contributed by atoms with Gasteiger partial charge in [0.15, 0.2) is 0 Å². The lowest BCUT2D eigenvalue weighted by Gasteiger charge is -1.96. The van der Waals surface area contributed by atoms with E-state index < -0.39 is 0 Å². The highest BCUT2D eigenvalue weighted by atomic mass is 14.4. The first kappa shape index (κ1) is 12.8. The minimum Gasteiger partial charge on any atom is -0.305 e. The van der Waals surface area contributed by atoms with Crippen LogP contribution in [0.5, 0.6) is 0 Å². The zero-order valence-corrected chi connectivity index (χ0v) is 8.07. The van der Waals surface area contributed by atoms with Crippen molar-refractivity contribution in [3.63, 3.8) is 0 Å². The summed E-state index contributed by atoms with van der Waals surface area (Å²) in [4.78, 5) is 0. The number of nitrogens with one attached hydrogen (secondary N) is 1. The van der Waals surface area contributed by atoms with Gasteiger partial charge < -0.3 is 5.41 Å². The van der Waals surface area contributed by atoms with E-state index in [1.165, 1.54) is 0 Å².